The monoisotopic (exact) mass is 246 g/mol. The molecule has 1 unspecified atom stereocenters. The average molecular weight is 246 g/mol. The highest BCUT2D eigenvalue weighted by atomic mass is 15.1. The van der Waals surface area contributed by atoms with Crippen molar-refractivity contribution in [3.8, 4) is 0 Å². The van der Waals surface area contributed by atoms with Gasteiger partial charge in [0.2, 0.25) is 0 Å². The van der Waals surface area contributed by atoms with Gasteiger partial charge in [-0.05, 0) is 63.7 Å². The Bertz CT molecular complexity index is 375. The fourth-order valence-electron chi connectivity index (χ4n) is 2.87. The van der Waals surface area contributed by atoms with Gasteiger partial charge in [0.1, 0.15) is 0 Å². The van der Waals surface area contributed by atoms with E-state index in [0.29, 0.717) is 5.92 Å². The van der Waals surface area contributed by atoms with E-state index < -0.39 is 0 Å². The summed E-state index contributed by atoms with van der Waals surface area (Å²) in [4.78, 5) is 2.44. The van der Waals surface area contributed by atoms with Crippen LogP contribution in [-0.4, -0.2) is 30.6 Å². The van der Waals surface area contributed by atoms with E-state index in [-0.39, 0.29) is 5.54 Å². The lowest BCUT2D eigenvalue weighted by Crippen LogP contribution is -2.34. The Morgan fingerprint density at radius 2 is 1.94 bits per heavy atom. The lowest BCUT2D eigenvalue weighted by molar-refractivity contribution is 0.251. The topological polar surface area (TPSA) is 29.3 Å². The predicted octanol–water partition coefficient (Wildman–Crippen LogP) is 2.78. The van der Waals surface area contributed by atoms with Gasteiger partial charge in [-0.15, -0.1) is 0 Å². The number of rotatable bonds is 3. The summed E-state index contributed by atoms with van der Waals surface area (Å²) in [6, 6.07) is 9.09. The molecular formula is C16H26N2. The van der Waals surface area contributed by atoms with Gasteiger partial charge in [0, 0.05) is 12.1 Å². The Hall–Kier alpha value is -0.860. The number of benzene rings is 1. The molecule has 0 aliphatic carbocycles. The molecule has 1 fully saturated rings. The molecular weight excluding hydrogens is 220 g/mol. The third-order valence-corrected chi connectivity index (χ3v) is 3.74. The molecule has 0 aromatic heterocycles. The highest BCUT2D eigenvalue weighted by molar-refractivity contribution is 5.27. The molecule has 0 amide bonds. The van der Waals surface area contributed by atoms with Crippen LogP contribution < -0.4 is 5.73 Å². The summed E-state index contributed by atoms with van der Waals surface area (Å²) in [7, 11) is 2.22. The molecule has 1 atom stereocenters. The first-order chi connectivity index (χ1) is 8.44. The van der Waals surface area contributed by atoms with Gasteiger partial charge < -0.3 is 10.6 Å². The molecule has 1 heterocycles. The molecule has 2 heteroatoms. The molecule has 2 nitrogen and oxygen atoms in total. The predicted molar refractivity (Wildman–Crippen MR) is 77.9 cm³/mol. The molecule has 0 spiro atoms. The molecule has 1 aromatic rings. The normalized spacial score (nSPS) is 22.1. The fourth-order valence-corrected chi connectivity index (χ4v) is 2.87. The molecule has 1 aromatic carbocycles. The number of hydrogen-bond donors (Lipinski definition) is 1. The van der Waals surface area contributed by atoms with E-state index in [1.165, 1.54) is 37.1 Å². The number of piperidine rings is 1. The van der Waals surface area contributed by atoms with Crippen LogP contribution in [0.5, 0.6) is 0 Å². The molecule has 100 valence electrons. The van der Waals surface area contributed by atoms with Crippen LogP contribution in [0.25, 0.3) is 0 Å². The van der Waals surface area contributed by atoms with Gasteiger partial charge in [-0.1, -0.05) is 24.3 Å². The smallest absolute Gasteiger partial charge is 0.0138 e. The summed E-state index contributed by atoms with van der Waals surface area (Å²) in [5, 5.41) is 0. The summed E-state index contributed by atoms with van der Waals surface area (Å²) in [5.41, 5.74) is 8.77. The van der Waals surface area contributed by atoms with E-state index in [2.05, 4.69) is 50.1 Å². The molecule has 18 heavy (non-hydrogen) atoms. The number of hydrogen-bond acceptors (Lipinski definition) is 2. The summed E-state index contributed by atoms with van der Waals surface area (Å²) < 4.78 is 0. The van der Waals surface area contributed by atoms with Gasteiger partial charge in [-0.3, -0.25) is 0 Å². The summed E-state index contributed by atoms with van der Waals surface area (Å²) >= 11 is 0. The lowest BCUT2D eigenvalue weighted by Gasteiger charge is -2.30. The molecule has 0 radical (unpaired) electrons. The van der Waals surface area contributed by atoms with Crippen LogP contribution in [0, 0.1) is 0 Å². The van der Waals surface area contributed by atoms with Crippen molar-refractivity contribution in [1.82, 2.24) is 4.90 Å². The Balaban J connectivity index is 2.03. The van der Waals surface area contributed by atoms with Crippen LogP contribution in [0.15, 0.2) is 24.3 Å². The maximum atomic E-state index is 6.06. The van der Waals surface area contributed by atoms with E-state index in [0.717, 1.165) is 6.42 Å². The van der Waals surface area contributed by atoms with E-state index in [9.17, 15) is 0 Å². The van der Waals surface area contributed by atoms with Crippen LogP contribution in [-0.2, 0) is 6.42 Å². The van der Waals surface area contributed by atoms with Crippen molar-refractivity contribution < 1.29 is 0 Å². The minimum Gasteiger partial charge on any atom is -0.325 e. The lowest BCUT2D eigenvalue weighted by atomic mass is 9.89. The zero-order valence-electron chi connectivity index (χ0n) is 11.9. The summed E-state index contributed by atoms with van der Waals surface area (Å²) in [5.74, 6) is 0.712. The van der Waals surface area contributed by atoms with Crippen molar-refractivity contribution in [2.24, 2.45) is 5.73 Å². The number of likely N-dealkylation sites (N-methyl/N-ethyl adjacent to an activating group) is 1. The van der Waals surface area contributed by atoms with Crippen molar-refractivity contribution in [3.63, 3.8) is 0 Å². The SMILES string of the molecule is CN1CCCC(c2ccc(CC(C)(C)N)cc2)C1. The van der Waals surface area contributed by atoms with Crippen molar-refractivity contribution in [2.75, 3.05) is 20.1 Å². The summed E-state index contributed by atoms with van der Waals surface area (Å²) in [6.45, 7) is 6.60. The van der Waals surface area contributed by atoms with Gasteiger partial charge >= 0.3 is 0 Å². The van der Waals surface area contributed by atoms with Crippen LogP contribution in [0.4, 0.5) is 0 Å². The van der Waals surface area contributed by atoms with Crippen molar-refractivity contribution in [2.45, 2.75) is 44.6 Å². The zero-order valence-corrected chi connectivity index (χ0v) is 11.9. The van der Waals surface area contributed by atoms with E-state index >= 15 is 0 Å². The van der Waals surface area contributed by atoms with Gasteiger partial charge in [-0.2, -0.15) is 0 Å². The Morgan fingerprint density at radius 3 is 2.50 bits per heavy atom. The van der Waals surface area contributed by atoms with Gasteiger partial charge in [-0.25, -0.2) is 0 Å². The van der Waals surface area contributed by atoms with Gasteiger partial charge in [0.05, 0.1) is 0 Å². The van der Waals surface area contributed by atoms with Crippen LogP contribution in [0.1, 0.15) is 43.7 Å². The summed E-state index contributed by atoms with van der Waals surface area (Å²) in [6.07, 6.45) is 3.59. The van der Waals surface area contributed by atoms with Crippen LogP contribution >= 0.6 is 0 Å². The minimum atomic E-state index is -0.118. The first kappa shape index (κ1) is 13.6. The van der Waals surface area contributed by atoms with Gasteiger partial charge in [0.15, 0.2) is 0 Å². The Kier molecular flexibility index (Phi) is 4.08. The van der Waals surface area contributed by atoms with Crippen molar-refractivity contribution >= 4 is 0 Å². The van der Waals surface area contributed by atoms with Crippen LogP contribution in [0.2, 0.25) is 0 Å². The van der Waals surface area contributed by atoms with Crippen molar-refractivity contribution in [1.29, 1.82) is 0 Å². The second kappa shape index (κ2) is 5.41. The highest BCUT2D eigenvalue weighted by Crippen LogP contribution is 2.26. The standard InChI is InChI=1S/C16H26N2/c1-16(2,17)11-13-6-8-14(9-7-13)15-5-4-10-18(3)12-15/h6-9,15H,4-5,10-12,17H2,1-3H3. The van der Waals surface area contributed by atoms with Gasteiger partial charge in [0.25, 0.3) is 0 Å². The quantitative estimate of drug-likeness (QED) is 0.888. The first-order valence-electron chi connectivity index (χ1n) is 7.00. The van der Waals surface area contributed by atoms with Crippen LogP contribution in [0.3, 0.4) is 0 Å². The fraction of sp³-hybridized carbons (Fsp3) is 0.625. The maximum absolute atomic E-state index is 6.06. The molecule has 1 saturated heterocycles. The Morgan fingerprint density at radius 1 is 1.28 bits per heavy atom. The third-order valence-electron chi connectivity index (χ3n) is 3.74. The number of nitrogens with two attached hydrogens (primary N) is 1. The molecule has 1 aliphatic heterocycles. The zero-order chi connectivity index (χ0) is 13.2. The van der Waals surface area contributed by atoms with E-state index in [4.69, 9.17) is 5.73 Å². The first-order valence-corrected chi connectivity index (χ1v) is 7.00. The molecule has 0 saturated carbocycles. The molecule has 0 bridgehead atoms. The maximum Gasteiger partial charge on any atom is 0.0138 e. The van der Waals surface area contributed by atoms with E-state index in [1.807, 2.05) is 0 Å². The van der Waals surface area contributed by atoms with E-state index in [1.54, 1.807) is 0 Å². The highest BCUT2D eigenvalue weighted by Gasteiger charge is 2.19. The molecule has 2 rings (SSSR count). The largest absolute Gasteiger partial charge is 0.325 e. The average Bonchev–Trinajstić information content (AvgIpc) is 2.28. The molecule has 2 N–H and O–H groups in total. The van der Waals surface area contributed by atoms with Crippen molar-refractivity contribution in [3.05, 3.63) is 35.4 Å². The number of likely N-dealkylation sites (tertiary alicyclic amines) is 1. The second-order valence-corrected chi connectivity index (χ2v) is 6.51. The third kappa shape index (κ3) is 3.82. The number of nitrogens with zero attached hydrogens (tertiary/aromatic N) is 1. The minimum absolute atomic E-state index is 0.118. The molecule has 1 aliphatic rings. The second-order valence-electron chi connectivity index (χ2n) is 6.51. The Labute approximate surface area is 111 Å².